The van der Waals surface area contributed by atoms with Crippen molar-refractivity contribution < 1.29 is 12.8 Å². The van der Waals surface area contributed by atoms with Crippen molar-refractivity contribution in [2.75, 3.05) is 12.0 Å². The molecule has 108 valence electrons. The Morgan fingerprint density at radius 3 is 2.60 bits per heavy atom. The van der Waals surface area contributed by atoms with Crippen LogP contribution in [-0.4, -0.2) is 30.4 Å². The van der Waals surface area contributed by atoms with Gasteiger partial charge in [0.2, 0.25) is 0 Å². The van der Waals surface area contributed by atoms with Gasteiger partial charge >= 0.3 is 0 Å². The van der Waals surface area contributed by atoms with Gasteiger partial charge in [-0.05, 0) is 36.2 Å². The monoisotopic (exact) mass is 297 g/mol. The molecule has 0 saturated heterocycles. The molecule has 1 aromatic heterocycles. The Morgan fingerprint density at radius 1 is 1.35 bits per heavy atom. The minimum atomic E-state index is -3.04. The van der Waals surface area contributed by atoms with Crippen molar-refractivity contribution in [2.45, 2.75) is 12.5 Å². The van der Waals surface area contributed by atoms with Crippen molar-refractivity contribution in [3.63, 3.8) is 0 Å². The summed E-state index contributed by atoms with van der Waals surface area (Å²) in [4.78, 5) is 7.18. The van der Waals surface area contributed by atoms with Crippen LogP contribution in [0.5, 0.6) is 0 Å². The summed E-state index contributed by atoms with van der Waals surface area (Å²) in [6.45, 7) is 0. The number of rotatable bonds is 5. The molecule has 0 aliphatic heterocycles. The maximum atomic E-state index is 12.8. The van der Waals surface area contributed by atoms with Crippen LogP contribution in [0.3, 0.4) is 0 Å². The van der Waals surface area contributed by atoms with E-state index in [0.29, 0.717) is 12.2 Å². The first-order valence-electron chi connectivity index (χ1n) is 6.09. The van der Waals surface area contributed by atoms with Gasteiger partial charge < -0.3 is 10.7 Å². The van der Waals surface area contributed by atoms with E-state index in [1.807, 2.05) is 0 Å². The number of aromatic nitrogens is 2. The third-order valence-electron chi connectivity index (χ3n) is 2.90. The minimum absolute atomic E-state index is 0.0146. The van der Waals surface area contributed by atoms with Crippen LogP contribution in [0.4, 0.5) is 4.39 Å². The Morgan fingerprint density at radius 2 is 2.00 bits per heavy atom. The number of H-pyrrole nitrogens is 1. The number of nitrogens with one attached hydrogen (secondary N) is 1. The van der Waals surface area contributed by atoms with E-state index in [4.69, 9.17) is 5.73 Å². The Bertz CT molecular complexity index is 680. The molecule has 1 atom stereocenters. The molecule has 0 spiro atoms. The number of imidazole rings is 1. The number of hydrogen-bond acceptors (Lipinski definition) is 4. The number of aromatic amines is 1. The van der Waals surface area contributed by atoms with Crippen LogP contribution < -0.4 is 5.73 Å². The van der Waals surface area contributed by atoms with Crippen LogP contribution in [0.25, 0.3) is 11.3 Å². The summed E-state index contributed by atoms with van der Waals surface area (Å²) in [6.07, 6.45) is 3.07. The highest BCUT2D eigenvalue weighted by atomic mass is 32.2. The van der Waals surface area contributed by atoms with Crippen LogP contribution in [-0.2, 0) is 9.84 Å². The number of sulfone groups is 1. The molecule has 1 unspecified atom stereocenters. The van der Waals surface area contributed by atoms with Gasteiger partial charge in [-0.25, -0.2) is 17.8 Å². The lowest BCUT2D eigenvalue weighted by atomic mass is 10.2. The summed E-state index contributed by atoms with van der Waals surface area (Å²) in [6, 6.07) is 5.52. The summed E-state index contributed by atoms with van der Waals surface area (Å²) >= 11 is 0. The van der Waals surface area contributed by atoms with E-state index < -0.39 is 15.9 Å². The summed E-state index contributed by atoms with van der Waals surface area (Å²) in [5.74, 6) is 0.229. The fourth-order valence-electron chi connectivity index (χ4n) is 1.78. The minimum Gasteiger partial charge on any atom is -0.341 e. The molecule has 0 bridgehead atoms. The number of nitrogens with two attached hydrogens (primary N) is 1. The van der Waals surface area contributed by atoms with E-state index in [2.05, 4.69) is 9.97 Å². The molecule has 20 heavy (non-hydrogen) atoms. The number of benzene rings is 1. The van der Waals surface area contributed by atoms with Gasteiger partial charge in [0.25, 0.3) is 0 Å². The fourth-order valence-corrected chi connectivity index (χ4v) is 2.46. The van der Waals surface area contributed by atoms with Gasteiger partial charge in [0.05, 0.1) is 23.7 Å². The molecule has 0 aliphatic rings. The quantitative estimate of drug-likeness (QED) is 0.878. The van der Waals surface area contributed by atoms with E-state index in [1.165, 1.54) is 18.4 Å². The molecule has 2 aromatic rings. The van der Waals surface area contributed by atoms with Crippen molar-refractivity contribution in [3.8, 4) is 11.3 Å². The molecule has 0 saturated carbocycles. The van der Waals surface area contributed by atoms with Crippen LogP contribution in [0, 0.1) is 5.82 Å². The van der Waals surface area contributed by atoms with Gasteiger partial charge in [-0.15, -0.1) is 0 Å². The second kappa shape index (κ2) is 5.72. The fraction of sp³-hybridized carbons (Fsp3) is 0.308. The predicted octanol–water partition coefficient (Wildman–Crippen LogP) is 1.65. The second-order valence-corrected chi connectivity index (χ2v) is 6.97. The lowest BCUT2D eigenvalue weighted by Gasteiger charge is -2.07. The van der Waals surface area contributed by atoms with Crippen molar-refractivity contribution in [3.05, 3.63) is 42.1 Å². The molecule has 0 aliphatic carbocycles. The number of halogens is 1. The molecular weight excluding hydrogens is 281 g/mol. The third-order valence-corrected chi connectivity index (χ3v) is 3.88. The highest BCUT2D eigenvalue weighted by Gasteiger charge is 2.14. The number of hydrogen-bond donors (Lipinski definition) is 2. The zero-order valence-electron chi connectivity index (χ0n) is 11.0. The van der Waals surface area contributed by atoms with Crippen molar-refractivity contribution in [1.29, 1.82) is 0 Å². The summed E-state index contributed by atoms with van der Waals surface area (Å²) < 4.78 is 35.1. The van der Waals surface area contributed by atoms with E-state index >= 15 is 0 Å². The van der Waals surface area contributed by atoms with Crippen molar-refractivity contribution in [2.24, 2.45) is 5.73 Å². The highest BCUT2D eigenvalue weighted by Crippen LogP contribution is 2.20. The first-order chi connectivity index (χ1) is 9.35. The molecule has 2 rings (SSSR count). The highest BCUT2D eigenvalue weighted by molar-refractivity contribution is 7.90. The van der Waals surface area contributed by atoms with Crippen molar-refractivity contribution in [1.82, 2.24) is 9.97 Å². The van der Waals surface area contributed by atoms with Gasteiger partial charge in [-0.2, -0.15) is 0 Å². The molecule has 1 aromatic carbocycles. The Labute approximate surface area is 117 Å². The SMILES string of the molecule is CS(=O)(=O)CCC(N)c1ncc(-c2ccc(F)cc2)[nH]1. The van der Waals surface area contributed by atoms with Crippen LogP contribution in [0.15, 0.2) is 30.5 Å². The first kappa shape index (κ1) is 14.7. The van der Waals surface area contributed by atoms with E-state index in [1.54, 1.807) is 18.3 Å². The summed E-state index contributed by atoms with van der Waals surface area (Å²) in [5.41, 5.74) is 7.41. The average molecular weight is 297 g/mol. The van der Waals surface area contributed by atoms with Gasteiger partial charge in [0, 0.05) is 6.26 Å². The predicted molar refractivity (Wildman–Crippen MR) is 75.2 cm³/mol. The third kappa shape index (κ3) is 3.88. The maximum absolute atomic E-state index is 12.8. The Balaban J connectivity index is 2.10. The van der Waals surface area contributed by atoms with Crippen LogP contribution in [0.2, 0.25) is 0 Å². The Kier molecular flexibility index (Phi) is 4.20. The van der Waals surface area contributed by atoms with Crippen molar-refractivity contribution >= 4 is 9.84 Å². The van der Waals surface area contributed by atoms with E-state index in [0.717, 1.165) is 11.3 Å². The Hall–Kier alpha value is -1.73. The molecule has 7 heteroatoms. The zero-order valence-corrected chi connectivity index (χ0v) is 11.8. The molecule has 0 fully saturated rings. The maximum Gasteiger partial charge on any atom is 0.147 e. The first-order valence-corrected chi connectivity index (χ1v) is 8.15. The molecule has 3 N–H and O–H groups in total. The largest absolute Gasteiger partial charge is 0.341 e. The van der Waals surface area contributed by atoms with Gasteiger partial charge in [0.15, 0.2) is 0 Å². The number of nitrogens with zero attached hydrogens (tertiary/aromatic N) is 1. The zero-order chi connectivity index (χ0) is 14.8. The van der Waals surface area contributed by atoms with Gasteiger partial charge in [-0.3, -0.25) is 0 Å². The summed E-state index contributed by atoms with van der Waals surface area (Å²) in [7, 11) is -3.04. The standard InChI is InChI=1S/C13H16FN3O2S/c1-20(18,19)7-6-11(15)13-16-8-12(17-13)9-2-4-10(14)5-3-9/h2-5,8,11H,6-7,15H2,1H3,(H,16,17). The molecular formula is C13H16FN3O2S. The average Bonchev–Trinajstić information content (AvgIpc) is 2.85. The molecule has 0 amide bonds. The smallest absolute Gasteiger partial charge is 0.147 e. The molecule has 1 heterocycles. The van der Waals surface area contributed by atoms with Crippen LogP contribution >= 0.6 is 0 Å². The summed E-state index contributed by atoms with van der Waals surface area (Å²) in [5, 5.41) is 0. The molecule has 0 radical (unpaired) electrons. The van der Waals surface area contributed by atoms with Gasteiger partial charge in [-0.1, -0.05) is 0 Å². The van der Waals surface area contributed by atoms with E-state index in [-0.39, 0.29) is 11.6 Å². The molecule has 5 nitrogen and oxygen atoms in total. The van der Waals surface area contributed by atoms with Crippen LogP contribution in [0.1, 0.15) is 18.3 Å². The lowest BCUT2D eigenvalue weighted by molar-refractivity contribution is 0.588. The topological polar surface area (TPSA) is 88.8 Å². The normalized spacial score (nSPS) is 13.3. The van der Waals surface area contributed by atoms with Gasteiger partial charge in [0.1, 0.15) is 21.5 Å². The second-order valence-electron chi connectivity index (χ2n) is 4.71. The lowest BCUT2D eigenvalue weighted by Crippen LogP contribution is -2.16. The van der Waals surface area contributed by atoms with E-state index in [9.17, 15) is 12.8 Å².